The molecule has 0 bridgehead atoms. The van der Waals surface area contributed by atoms with Crippen LogP contribution in [0.5, 0.6) is 5.75 Å². The molecule has 0 N–H and O–H groups in total. The third-order valence-corrected chi connectivity index (χ3v) is 2.46. The fourth-order valence-corrected chi connectivity index (χ4v) is 1.44. The number of halogens is 1. The van der Waals surface area contributed by atoms with Crippen LogP contribution in [0.1, 0.15) is 20.3 Å². The van der Waals surface area contributed by atoms with Crippen LogP contribution in [0, 0.1) is 10.1 Å². The third-order valence-electron chi connectivity index (χ3n) is 2.22. The van der Waals surface area contributed by atoms with Crippen molar-refractivity contribution in [1.82, 2.24) is 0 Å². The van der Waals surface area contributed by atoms with E-state index in [1.54, 1.807) is 13.8 Å². The maximum atomic E-state index is 11.4. The number of nitro groups is 1. The number of ketones is 1. The largest absolute Gasteiger partial charge is 0.476 e. The minimum Gasteiger partial charge on any atom is -0.476 e. The lowest BCUT2D eigenvalue weighted by molar-refractivity contribution is -0.386. The molecule has 1 aromatic rings. The Kier molecular flexibility index (Phi) is 4.45. The molecule has 0 radical (unpaired) electrons. The van der Waals surface area contributed by atoms with Gasteiger partial charge in [-0.2, -0.15) is 0 Å². The Labute approximate surface area is 103 Å². The fraction of sp³-hybridized carbons (Fsp3) is 0.364. The van der Waals surface area contributed by atoms with Gasteiger partial charge in [0.15, 0.2) is 17.6 Å². The zero-order valence-electron chi connectivity index (χ0n) is 9.47. The molecular formula is C11H12ClNO4. The van der Waals surface area contributed by atoms with Crippen molar-refractivity contribution >= 4 is 23.1 Å². The van der Waals surface area contributed by atoms with Crippen LogP contribution in [-0.4, -0.2) is 16.8 Å². The predicted octanol–water partition coefficient (Wildman–Crippen LogP) is 2.99. The average Bonchev–Trinajstić information content (AvgIpc) is 2.27. The number of hydrogen-bond donors (Lipinski definition) is 0. The normalized spacial score (nSPS) is 11.9. The van der Waals surface area contributed by atoms with Crippen LogP contribution in [-0.2, 0) is 4.79 Å². The zero-order valence-corrected chi connectivity index (χ0v) is 10.2. The molecule has 0 spiro atoms. The molecule has 0 aliphatic carbocycles. The van der Waals surface area contributed by atoms with Crippen molar-refractivity contribution in [2.75, 3.05) is 0 Å². The molecule has 0 fully saturated rings. The van der Waals surface area contributed by atoms with Crippen molar-refractivity contribution in [3.05, 3.63) is 33.3 Å². The highest BCUT2D eigenvalue weighted by Gasteiger charge is 2.20. The molecule has 17 heavy (non-hydrogen) atoms. The summed E-state index contributed by atoms with van der Waals surface area (Å²) < 4.78 is 5.26. The molecule has 1 unspecified atom stereocenters. The molecule has 0 aliphatic heterocycles. The second kappa shape index (κ2) is 5.63. The highest BCUT2D eigenvalue weighted by molar-refractivity contribution is 6.30. The summed E-state index contributed by atoms with van der Waals surface area (Å²) in [7, 11) is 0. The van der Waals surface area contributed by atoms with E-state index in [9.17, 15) is 14.9 Å². The Hall–Kier alpha value is -1.62. The number of carbonyl (C=O) groups excluding carboxylic acids is 1. The first-order chi connectivity index (χ1) is 7.95. The van der Waals surface area contributed by atoms with E-state index in [-0.39, 0.29) is 17.2 Å². The predicted molar refractivity (Wildman–Crippen MR) is 63.5 cm³/mol. The topological polar surface area (TPSA) is 69.4 Å². The van der Waals surface area contributed by atoms with Crippen molar-refractivity contribution in [2.24, 2.45) is 0 Å². The molecular weight excluding hydrogens is 246 g/mol. The van der Waals surface area contributed by atoms with Gasteiger partial charge in [0.1, 0.15) is 0 Å². The minimum absolute atomic E-state index is 0.0109. The van der Waals surface area contributed by atoms with E-state index in [0.717, 1.165) is 0 Å². The van der Waals surface area contributed by atoms with Gasteiger partial charge in [0.2, 0.25) is 0 Å². The number of nitro benzene ring substituents is 1. The Balaban J connectivity index is 3.00. The van der Waals surface area contributed by atoms with E-state index in [2.05, 4.69) is 0 Å². The van der Waals surface area contributed by atoms with Crippen molar-refractivity contribution in [3.8, 4) is 5.75 Å². The monoisotopic (exact) mass is 257 g/mol. The molecule has 1 rings (SSSR count). The summed E-state index contributed by atoms with van der Waals surface area (Å²) in [5.74, 6) is -0.115. The Morgan fingerprint density at radius 2 is 2.24 bits per heavy atom. The van der Waals surface area contributed by atoms with Gasteiger partial charge in [0, 0.05) is 23.6 Å². The van der Waals surface area contributed by atoms with Crippen LogP contribution < -0.4 is 4.74 Å². The quantitative estimate of drug-likeness (QED) is 0.601. The molecule has 0 aliphatic rings. The number of ether oxygens (including phenoxy) is 1. The maximum Gasteiger partial charge on any atom is 0.311 e. The summed E-state index contributed by atoms with van der Waals surface area (Å²) in [5.41, 5.74) is -0.204. The highest BCUT2D eigenvalue weighted by Crippen LogP contribution is 2.30. The number of nitrogens with zero attached hydrogens (tertiary/aromatic N) is 1. The van der Waals surface area contributed by atoms with E-state index in [1.165, 1.54) is 18.2 Å². The van der Waals surface area contributed by atoms with Gasteiger partial charge in [-0.05, 0) is 13.0 Å². The molecule has 6 heteroatoms. The van der Waals surface area contributed by atoms with Gasteiger partial charge in [0.05, 0.1) is 4.92 Å². The summed E-state index contributed by atoms with van der Waals surface area (Å²) >= 11 is 5.73. The molecule has 0 amide bonds. The van der Waals surface area contributed by atoms with Crippen LogP contribution in [0.25, 0.3) is 0 Å². The molecule has 5 nitrogen and oxygen atoms in total. The van der Waals surface area contributed by atoms with Gasteiger partial charge in [-0.25, -0.2) is 0 Å². The molecule has 0 saturated carbocycles. The van der Waals surface area contributed by atoms with Crippen molar-refractivity contribution < 1.29 is 14.5 Å². The molecule has 0 saturated heterocycles. The van der Waals surface area contributed by atoms with E-state index in [0.29, 0.717) is 11.4 Å². The first-order valence-corrected chi connectivity index (χ1v) is 5.46. The van der Waals surface area contributed by atoms with Crippen molar-refractivity contribution in [1.29, 1.82) is 0 Å². The van der Waals surface area contributed by atoms with Gasteiger partial charge in [-0.1, -0.05) is 18.5 Å². The Bertz CT molecular complexity index is 447. The van der Waals surface area contributed by atoms with E-state index in [1.807, 2.05) is 0 Å². The molecule has 1 atom stereocenters. The zero-order chi connectivity index (χ0) is 13.0. The highest BCUT2D eigenvalue weighted by atomic mass is 35.5. The second-order valence-electron chi connectivity index (χ2n) is 3.45. The number of Topliss-reactive ketones (excluding diaryl/α,β-unsaturated/α-hetero) is 1. The summed E-state index contributed by atoms with van der Waals surface area (Å²) in [5, 5.41) is 11.1. The fourth-order valence-electron chi connectivity index (χ4n) is 1.28. The summed E-state index contributed by atoms with van der Waals surface area (Å²) in [6.45, 7) is 3.26. The summed E-state index contributed by atoms with van der Waals surface area (Å²) in [4.78, 5) is 21.5. The molecule has 0 heterocycles. The Morgan fingerprint density at radius 1 is 1.59 bits per heavy atom. The van der Waals surface area contributed by atoms with Crippen LogP contribution in [0.3, 0.4) is 0 Å². The SMILES string of the molecule is CCC(=O)C(C)Oc1cc(Cl)ccc1[N+](=O)[O-]. The van der Waals surface area contributed by atoms with Crippen LogP contribution in [0.4, 0.5) is 5.69 Å². The smallest absolute Gasteiger partial charge is 0.311 e. The maximum absolute atomic E-state index is 11.4. The number of hydrogen-bond acceptors (Lipinski definition) is 4. The van der Waals surface area contributed by atoms with Gasteiger partial charge < -0.3 is 4.74 Å². The van der Waals surface area contributed by atoms with Gasteiger partial charge in [-0.3, -0.25) is 14.9 Å². The van der Waals surface area contributed by atoms with E-state index >= 15 is 0 Å². The van der Waals surface area contributed by atoms with Gasteiger partial charge in [-0.15, -0.1) is 0 Å². The lowest BCUT2D eigenvalue weighted by Crippen LogP contribution is -2.23. The lowest BCUT2D eigenvalue weighted by Gasteiger charge is -2.12. The summed E-state index contributed by atoms with van der Waals surface area (Å²) in [6.07, 6.45) is -0.410. The Morgan fingerprint density at radius 3 is 2.76 bits per heavy atom. The van der Waals surface area contributed by atoms with Crippen LogP contribution in [0.2, 0.25) is 5.02 Å². The number of benzene rings is 1. The summed E-state index contributed by atoms with van der Waals surface area (Å²) in [6, 6.07) is 3.98. The second-order valence-corrected chi connectivity index (χ2v) is 3.89. The minimum atomic E-state index is -0.725. The van der Waals surface area contributed by atoms with Crippen LogP contribution in [0.15, 0.2) is 18.2 Å². The van der Waals surface area contributed by atoms with Crippen molar-refractivity contribution in [2.45, 2.75) is 26.4 Å². The number of rotatable bonds is 5. The third kappa shape index (κ3) is 3.42. The molecule has 0 aromatic heterocycles. The first-order valence-electron chi connectivity index (χ1n) is 5.09. The lowest BCUT2D eigenvalue weighted by atomic mass is 10.2. The number of carbonyl (C=O) groups is 1. The van der Waals surface area contributed by atoms with E-state index in [4.69, 9.17) is 16.3 Å². The van der Waals surface area contributed by atoms with Gasteiger partial charge in [0.25, 0.3) is 0 Å². The average molecular weight is 258 g/mol. The molecule has 92 valence electrons. The van der Waals surface area contributed by atoms with Gasteiger partial charge >= 0.3 is 5.69 Å². The first kappa shape index (κ1) is 13.4. The standard InChI is InChI=1S/C11H12ClNO4/c1-3-10(14)7(2)17-11-6-8(12)4-5-9(11)13(15)16/h4-7H,3H2,1-2H3. The van der Waals surface area contributed by atoms with Crippen LogP contribution >= 0.6 is 11.6 Å². The van der Waals surface area contributed by atoms with E-state index < -0.39 is 11.0 Å². The van der Waals surface area contributed by atoms with Crippen molar-refractivity contribution in [3.63, 3.8) is 0 Å². The molecule has 1 aromatic carbocycles.